The number of allylic oxidation sites excluding steroid dienone is 3. The fourth-order valence-corrected chi connectivity index (χ4v) is 2.50. The predicted octanol–water partition coefficient (Wildman–Crippen LogP) is 4.54. The first kappa shape index (κ1) is 18.5. The number of benzene rings is 1. The molecule has 0 saturated carbocycles. The summed E-state index contributed by atoms with van der Waals surface area (Å²) in [5.41, 5.74) is 3.09. The van der Waals surface area contributed by atoms with Gasteiger partial charge in [0.25, 0.3) is 0 Å². The highest BCUT2D eigenvalue weighted by molar-refractivity contribution is 5.95. The fraction of sp³-hybridized carbons (Fsp3) is 0.300. The van der Waals surface area contributed by atoms with Gasteiger partial charge in [0.05, 0.1) is 19.1 Å². The molecule has 1 aromatic heterocycles. The third-order valence-electron chi connectivity index (χ3n) is 3.99. The Bertz CT molecular complexity index is 757. The first-order chi connectivity index (χ1) is 11.8. The molecule has 0 atom stereocenters. The molecule has 1 heterocycles. The summed E-state index contributed by atoms with van der Waals surface area (Å²) in [5.74, 6) is 0.726. The summed E-state index contributed by atoms with van der Waals surface area (Å²) in [5, 5.41) is 9.70. The number of ether oxygens (including phenoxy) is 1. The average Bonchev–Trinajstić information content (AvgIpc) is 3.09. The van der Waals surface area contributed by atoms with E-state index in [1.165, 1.54) is 0 Å². The average molecular weight is 339 g/mol. The van der Waals surface area contributed by atoms with Crippen molar-refractivity contribution < 1.29 is 9.53 Å². The van der Waals surface area contributed by atoms with E-state index in [-0.39, 0.29) is 5.91 Å². The summed E-state index contributed by atoms with van der Waals surface area (Å²) in [4.78, 5) is 12.6. The van der Waals surface area contributed by atoms with E-state index in [0.717, 1.165) is 28.1 Å². The molecule has 2 aromatic rings. The van der Waals surface area contributed by atoms with Crippen LogP contribution in [-0.2, 0) is 9.53 Å². The van der Waals surface area contributed by atoms with Crippen LogP contribution in [0.3, 0.4) is 0 Å². The number of aromatic amines is 1. The number of hydrogen-bond acceptors (Lipinski definition) is 3. The van der Waals surface area contributed by atoms with Crippen molar-refractivity contribution in [2.24, 2.45) is 5.41 Å². The molecule has 0 unspecified atom stereocenters. The lowest BCUT2D eigenvalue weighted by Crippen LogP contribution is -2.31. The monoisotopic (exact) mass is 339 g/mol. The van der Waals surface area contributed by atoms with Crippen molar-refractivity contribution in [1.29, 1.82) is 0 Å². The van der Waals surface area contributed by atoms with Crippen LogP contribution in [-0.4, -0.2) is 23.2 Å². The summed E-state index contributed by atoms with van der Waals surface area (Å²) < 4.78 is 5.13. The van der Waals surface area contributed by atoms with Gasteiger partial charge in [-0.2, -0.15) is 5.10 Å². The second kappa shape index (κ2) is 7.83. The number of carbonyl (C=O) groups is 1. The number of anilines is 1. The lowest BCUT2D eigenvalue weighted by atomic mass is 9.84. The largest absolute Gasteiger partial charge is 0.501 e. The van der Waals surface area contributed by atoms with Crippen molar-refractivity contribution in [3.05, 3.63) is 60.6 Å². The topological polar surface area (TPSA) is 67.0 Å². The summed E-state index contributed by atoms with van der Waals surface area (Å²) in [6.45, 7) is 9.69. The highest BCUT2D eigenvalue weighted by atomic mass is 16.5. The summed E-state index contributed by atoms with van der Waals surface area (Å²) in [6.07, 6.45) is 6.00. The van der Waals surface area contributed by atoms with Crippen LogP contribution < -0.4 is 5.32 Å². The summed E-state index contributed by atoms with van der Waals surface area (Å²) >= 11 is 0. The van der Waals surface area contributed by atoms with Gasteiger partial charge in [-0.3, -0.25) is 9.89 Å². The van der Waals surface area contributed by atoms with Crippen LogP contribution in [0.25, 0.3) is 11.1 Å². The molecule has 5 nitrogen and oxygen atoms in total. The second-order valence-corrected chi connectivity index (χ2v) is 6.70. The summed E-state index contributed by atoms with van der Waals surface area (Å²) in [7, 11) is 1.62. The van der Waals surface area contributed by atoms with Crippen molar-refractivity contribution >= 4 is 11.6 Å². The molecular formula is C20H25N3O2. The van der Waals surface area contributed by atoms with E-state index in [0.29, 0.717) is 6.42 Å². The number of nitrogens with one attached hydrogen (secondary N) is 2. The molecule has 0 aliphatic carbocycles. The number of aromatic nitrogens is 2. The van der Waals surface area contributed by atoms with E-state index in [1.807, 2.05) is 57.3 Å². The molecule has 25 heavy (non-hydrogen) atoms. The number of nitrogens with zero attached hydrogens (tertiary/aromatic N) is 1. The molecule has 0 aliphatic rings. The molecule has 0 radical (unpaired) electrons. The maximum absolute atomic E-state index is 12.6. The zero-order valence-corrected chi connectivity index (χ0v) is 15.2. The van der Waals surface area contributed by atoms with Crippen LogP contribution in [0.15, 0.2) is 60.6 Å². The van der Waals surface area contributed by atoms with Crippen LogP contribution in [0.5, 0.6) is 0 Å². The van der Waals surface area contributed by atoms with Gasteiger partial charge >= 0.3 is 0 Å². The zero-order chi connectivity index (χ0) is 18.4. The van der Waals surface area contributed by atoms with Gasteiger partial charge in [-0.15, -0.1) is 0 Å². The third kappa shape index (κ3) is 5.08. The third-order valence-corrected chi connectivity index (χ3v) is 3.99. The molecule has 2 rings (SSSR count). The molecule has 0 aliphatic heterocycles. The van der Waals surface area contributed by atoms with E-state index in [1.54, 1.807) is 13.3 Å². The van der Waals surface area contributed by atoms with Crippen LogP contribution >= 0.6 is 0 Å². The Morgan fingerprint density at radius 1 is 1.32 bits per heavy atom. The molecule has 0 bridgehead atoms. The number of carbonyl (C=O) groups excluding carboxylic acids is 1. The SMILES string of the molecule is C=C(/C=C(\C)OC)CC(C)(C)C(=O)Nc1ccc(-c2cn[nH]c2)cc1. The highest BCUT2D eigenvalue weighted by Gasteiger charge is 2.28. The Kier molecular flexibility index (Phi) is 5.80. The van der Waals surface area contributed by atoms with Gasteiger partial charge in [-0.1, -0.05) is 38.1 Å². The van der Waals surface area contributed by atoms with Crippen LogP contribution in [0.1, 0.15) is 27.2 Å². The summed E-state index contributed by atoms with van der Waals surface area (Å²) in [6, 6.07) is 7.69. The smallest absolute Gasteiger partial charge is 0.230 e. The molecular weight excluding hydrogens is 314 g/mol. The minimum Gasteiger partial charge on any atom is -0.501 e. The van der Waals surface area contributed by atoms with Gasteiger partial charge in [-0.25, -0.2) is 0 Å². The number of H-pyrrole nitrogens is 1. The van der Waals surface area contributed by atoms with Crippen LogP contribution in [0, 0.1) is 5.41 Å². The lowest BCUT2D eigenvalue weighted by Gasteiger charge is -2.24. The Balaban J connectivity index is 2.01. The van der Waals surface area contributed by atoms with Crippen molar-refractivity contribution in [3.63, 3.8) is 0 Å². The molecule has 1 aromatic carbocycles. The second-order valence-electron chi connectivity index (χ2n) is 6.70. The Morgan fingerprint density at radius 2 is 2.00 bits per heavy atom. The zero-order valence-electron chi connectivity index (χ0n) is 15.2. The van der Waals surface area contributed by atoms with E-state index in [4.69, 9.17) is 4.74 Å². The van der Waals surface area contributed by atoms with E-state index < -0.39 is 5.41 Å². The van der Waals surface area contributed by atoms with Crippen LogP contribution in [0.4, 0.5) is 5.69 Å². The van der Waals surface area contributed by atoms with Gasteiger partial charge in [0.1, 0.15) is 0 Å². The standard InChI is InChI=1S/C20H25N3O2/c1-14(10-15(2)25-5)11-20(3,4)19(24)23-18-8-6-16(7-9-18)17-12-21-22-13-17/h6-10,12-13H,1,11H2,2-5H3,(H,21,22)(H,23,24)/b15-10+. The van der Waals surface area contributed by atoms with Gasteiger partial charge in [0.2, 0.25) is 5.91 Å². The molecule has 132 valence electrons. The first-order valence-corrected chi connectivity index (χ1v) is 8.12. The van der Waals surface area contributed by atoms with E-state index in [2.05, 4.69) is 22.1 Å². The number of hydrogen-bond donors (Lipinski definition) is 2. The lowest BCUT2D eigenvalue weighted by molar-refractivity contribution is -0.123. The van der Waals surface area contributed by atoms with Crippen LogP contribution in [0.2, 0.25) is 0 Å². The predicted molar refractivity (Wildman–Crippen MR) is 101 cm³/mol. The number of amides is 1. The molecule has 2 N–H and O–H groups in total. The maximum atomic E-state index is 12.6. The van der Waals surface area contributed by atoms with E-state index in [9.17, 15) is 4.79 Å². The van der Waals surface area contributed by atoms with Crippen molar-refractivity contribution in [1.82, 2.24) is 10.2 Å². The molecule has 1 amide bonds. The van der Waals surface area contributed by atoms with Crippen molar-refractivity contribution in [2.45, 2.75) is 27.2 Å². The molecule has 5 heteroatoms. The maximum Gasteiger partial charge on any atom is 0.230 e. The van der Waals surface area contributed by atoms with Gasteiger partial charge < -0.3 is 10.1 Å². The Hall–Kier alpha value is -2.82. The quantitative estimate of drug-likeness (QED) is 0.575. The van der Waals surface area contributed by atoms with Gasteiger partial charge in [0, 0.05) is 22.9 Å². The normalized spacial score (nSPS) is 11.9. The number of methoxy groups -OCH3 is 1. The van der Waals surface area contributed by atoms with E-state index >= 15 is 0 Å². The minimum atomic E-state index is -0.579. The first-order valence-electron chi connectivity index (χ1n) is 8.12. The molecule has 0 fully saturated rings. The molecule has 0 spiro atoms. The van der Waals surface area contributed by atoms with Gasteiger partial charge in [0.15, 0.2) is 0 Å². The fourth-order valence-electron chi connectivity index (χ4n) is 2.50. The minimum absolute atomic E-state index is 0.0480. The Morgan fingerprint density at radius 3 is 2.56 bits per heavy atom. The van der Waals surface area contributed by atoms with Crippen molar-refractivity contribution in [2.75, 3.05) is 12.4 Å². The number of rotatable bonds is 7. The van der Waals surface area contributed by atoms with Gasteiger partial charge in [-0.05, 0) is 37.1 Å². The molecule has 0 saturated heterocycles. The van der Waals surface area contributed by atoms with Crippen molar-refractivity contribution in [3.8, 4) is 11.1 Å². The highest BCUT2D eigenvalue weighted by Crippen LogP contribution is 2.28. The Labute approximate surface area is 148 Å².